The number of aryl methyl sites for hydroxylation is 1. The summed E-state index contributed by atoms with van der Waals surface area (Å²) in [5.41, 5.74) is 1.80. The fourth-order valence-corrected chi connectivity index (χ4v) is 4.89. The molecule has 0 aliphatic carbocycles. The number of aliphatic hydroxyl groups excluding tert-OH is 1. The van der Waals surface area contributed by atoms with Crippen molar-refractivity contribution in [3.05, 3.63) is 51.1 Å². The molecule has 0 radical (unpaired) electrons. The Labute approximate surface area is 211 Å². The summed E-state index contributed by atoms with van der Waals surface area (Å²) >= 11 is 16.0. The molecule has 0 bridgehead atoms. The third kappa shape index (κ3) is 8.00. The standard InChI is InChI=1S/C23H32Cl2N4O3S/c1-15(7-11-33)13-29(20(31)14-30)18-5-9-28(10-6-18)17(3)4-8-26-23(32)21-16(2)12-19(24)27-22(21)25/h7,11-12,17-18,30,33H,1,4-6,8-10,13-14H2,2-3H3,(H,26,32)/b11-7-. The van der Waals surface area contributed by atoms with E-state index in [4.69, 9.17) is 23.2 Å². The molecule has 2 rings (SSSR count). The van der Waals surface area contributed by atoms with Gasteiger partial charge in [0.15, 0.2) is 0 Å². The molecule has 0 aromatic carbocycles. The molecule has 1 aliphatic heterocycles. The second kappa shape index (κ2) is 13.3. The average molecular weight is 516 g/mol. The highest BCUT2D eigenvalue weighted by Crippen LogP contribution is 2.22. The van der Waals surface area contributed by atoms with Crippen LogP contribution in [-0.2, 0) is 4.79 Å². The van der Waals surface area contributed by atoms with Crippen LogP contribution in [0.3, 0.4) is 0 Å². The van der Waals surface area contributed by atoms with Gasteiger partial charge in [-0.3, -0.25) is 9.59 Å². The summed E-state index contributed by atoms with van der Waals surface area (Å²) in [4.78, 5) is 32.8. The highest BCUT2D eigenvalue weighted by Gasteiger charge is 2.29. The molecule has 10 heteroatoms. The van der Waals surface area contributed by atoms with Crippen LogP contribution in [0.25, 0.3) is 0 Å². The first-order valence-corrected chi connectivity index (χ1v) is 12.2. The number of thiol groups is 1. The number of aromatic nitrogens is 1. The molecule has 1 aromatic heterocycles. The van der Waals surface area contributed by atoms with Gasteiger partial charge in [0.2, 0.25) is 5.91 Å². The van der Waals surface area contributed by atoms with Crippen molar-refractivity contribution in [1.29, 1.82) is 0 Å². The molecule has 1 aliphatic rings. The van der Waals surface area contributed by atoms with Crippen molar-refractivity contribution in [2.45, 2.75) is 45.2 Å². The van der Waals surface area contributed by atoms with Crippen molar-refractivity contribution in [2.24, 2.45) is 0 Å². The Morgan fingerprint density at radius 3 is 2.67 bits per heavy atom. The predicted molar refractivity (Wildman–Crippen MR) is 136 cm³/mol. The van der Waals surface area contributed by atoms with E-state index in [2.05, 4.69) is 41.3 Å². The van der Waals surface area contributed by atoms with E-state index >= 15 is 0 Å². The number of halogens is 2. The van der Waals surface area contributed by atoms with Crippen molar-refractivity contribution in [2.75, 3.05) is 32.8 Å². The normalized spacial score (nSPS) is 16.1. The van der Waals surface area contributed by atoms with E-state index in [9.17, 15) is 14.7 Å². The first kappa shape index (κ1) is 27.7. The first-order valence-electron chi connectivity index (χ1n) is 10.9. The Morgan fingerprint density at radius 2 is 2.09 bits per heavy atom. The summed E-state index contributed by atoms with van der Waals surface area (Å²) in [7, 11) is 0. The highest BCUT2D eigenvalue weighted by molar-refractivity contribution is 7.83. The fourth-order valence-electron chi connectivity index (χ4n) is 4.06. The average Bonchev–Trinajstić information content (AvgIpc) is 2.76. The number of rotatable bonds is 10. The zero-order chi connectivity index (χ0) is 24.5. The molecule has 1 atom stereocenters. The second-order valence-corrected chi connectivity index (χ2v) is 9.29. The Bertz CT molecular complexity index is 865. The topological polar surface area (TPSA) is 85.8 Å². The van der Waals surface area contributed by atoms with Gasteiger partial charge in [0, 0.05) is 38.3 Å². The number of hydrogen-bond donors (Lipinski definition) is 3. The molecule has 182 valence electrons. The fraction of sp³-hybridized carbons (Fsp3) is 0.522. The van der Waals surface area contributed by atoms with Gasteiger partial charge in [-0.1, -0.05) is 35.9 Å². The first-order chi connectivity index (χ1) is 15.7. The van der Waals surface area contributed by atoms with E-state index in [-0.39, 0.29) is 34.2 Å². The lowest BCUT2D eigenvalue weighted by atomic mass is 10.00. The number of carbonyl (C=O) groups excluding carboxylic acids is 2. The van der Waals surface area contributed by atoms with E-state index < -0.39 is 6.61 Å². The lowest BCUT2D eigenvalue weighted by molar-refractivity contribution is -0.137. The Kier molecular flexibility index (Phi) is 11.2. The van der Waals surface area contributed by atoms with E-state index in [1.54, 1.807) is 29.4 Å². The SMILES string of the molecule is C=C(/C=C\S)CN(C(=O)CO)C1CCN(C(C)CCNC(=O)c2c(C)cc(Cl)nc2Cl)CC1. The van der Waals surface area contributed by atoms with Crippen LogP contribution in [0.1, 0.15) is 42.1 Å². The maximum atomic E-state index is 12.5. The quantitative estimate of drug-likeness (QED) is 0.252. The van der Waals surface area contributed by atoms with Crippen LogP contribution in [0.15, 0.2) is 29.7 Å². The molecular weight excluding hydrogens is 483 g/mol. The van der Waals surface area contributed by atoms with Gasteiger partial charge in [0.05, 0.1) is 5.56 Å². The van der Waals surface area contributed by atoms with Gasteiger partial charge in [-0.05, 0) is 55.7 Å². The molecule has 1 fully saturated rings. The number of carbonyl (C=O) groups is 2. The third-order valence-electron chi connectivity index (χ3n) is 5.92. The minimum absolute atomic E-state index is 0.0559. The number of amides is 2. The Hall–Kier alpha value is -1.58. The molecule has 1 unspecified atom stereocenters. The van der Waals surface area contributed by atoms with Crippen LogP contribution < -0.4 is 5.32 Å². The number of nitrogens with one attached hydrogen (secondary N) is 1. The number of piperidine rings is 1. The van der Waals surface area contributed by atoms with Crippen LogP contribution in [-0.4, -0.2) is 76.6 Å². The smallest absolute Gasteiger partial charge is 0.254 e. The van der Waals surface area contributed by atoms with Crippen molar-refractivity contribution in [3.63, 3.8) is 0 Å². The summed E-state index contributed by atoms with van der Waals surface area (Å²) in [6.07, 6.45) is 4.15. The van der Waals surface area contributed by atoms with Gasteiger partial charge in [-0.15, -0.1) is 0 Å². The van der Waals surface area contributed by atoms with Gasteiger partial charge in [0.1, 0.15) is 16.9 Å². The van der Waals surface area contributed by atoms with Gasteiger partial charge in [-0.25, -0.2) is 4.98 Å². The van der Waals surface area contributed by atoms with Crippen molar-refractivity contribution in [1.82, 2.24) is 20.1 Å². The molecular formula is C23H32Cl2N4O3S. The molecule has 2 amide bonds. The lowest BCUT2D eigenvalue weighted by Crippen LogP contribution is -2.50. The van der Waals surface area contributed by atoms with Crippen LogP contribution in [0, 0.1) is 6.92 Å². The van der Waals surface area contributed by atoms with Gasteiger partial charge >= 0.3 is 0 Å². The van der Waals surface area contributed by atoms with Gasteiger partial charge in [-0.2, -0.15) is 12.6 Å². The van der Waals surface area contributed by atoms with Gasteiger partial charge in [0.25, 0.3) is 5.91 Å². The monoisotopic (exact) mass is 514 g/mol. The van der Waals surface area contributed by atoms with E-state index in [0.29, 0.717) is 24.2 Å². The number of aliphatic hydroxyl groups is 1. The van der Waals surface area contributed by atoms with Crippen molar-refractivity contribution < 1.29 is 14.7 Å². The van der Waals surface area contributed by atoms with E-state index in [1.165, 1.54) is 0 Å². The molecule has 33 heavy (non-hydrogen) atoms. The maximum absolute atomic E-state index is 12.5. The second-order valence-electron chi connectivity index (χ2n) is 8.24. The minimum atomic E-state index is -0.513. The van der Waals surface area contributed by atoms with Crippen LogP contribution in [0.4, 0.5) is 0 Å². The molecule has 2 N–H and O–H groups in total. The molecule has 0 spiro atoms. The Balaban J connectivity index is 1.85. The van der Waals surface area contributed by atoms with Crippen LogP contribution >= 0.6 is 35.8 Å². The van der Waals surface area contributed by atoms with Crippen LogP contribution in [0.5, 0.6) is 0 Å². The number of likely N-dealkylation sites (tertiary alicyclic amines) is 1. The number of nitrogens with zero attached hydrogens (tertiary/aromatic N) is 3. The summed E-state index contributed by atoms with van der Waals surface area (Å²) < 4.78 is 0. The zero-order valence-corrected chi connectivity index (χ0v) is 21.5. The zero-order valence-electron chi connectivity index (χ0n) is 19.1. The van der Waals surface area contributed by atoms with Crippen LogP contribution in [0.2, 0.25) is 10.3 Å². The largest absolute Gasteiger partial charge is 0.387 e. The third-order valence-corrected chi connectivity index (χ3v) is 6.53. The Morgan fingerprint density at radius 1 is 1.42 bits per heavy atom. The van der Waals surface area contributed by atoms with E-state index in [0.717, 1.165) is 37.9 Å². The highest BCUT2D eigenvalue weighted by atomic mass is 35.5. The minimum Gasteiger partial charge on any atom is -0.387 e. The molecule has 2 heterocycles. The lowest BCUT2D eigenvalue weighted by Gasteiger charge is -2.40. The molecule has 1 aromatic rings. The molecule has 7 nitrogen and oxygen atoms in total. The van der Waals surface area contributed by atoms with Gasteiger partial charge < -0.3 is 20.2 Å². The maximum Gasteiger partial charge on any atom is 0.254 e. The molecule has 1 saturated heterocycles. The van der Waals surface area contributed by atoms with Crippen molar-refractivity contribution in [3.8, 4) is 0 Å². The molecule has 0 saturated carbocycles. The summed E-state index contributed by atoms with van der Waals surface area (Å²) in [5, 5.41) is 14.2. The summed E-state index contributed by atoms with van der Waals surface area (Å²) in [5.74, 6) is -0.551. The summed E-state index contributed by atoms with van der Waals surface area (Å²) in [6, 6.07) is 1.93. The predicted octanol–water partition coefficient (Wildman–Crippen LogP) is 3.49. The number of hydrogen-bond acceptors (Lipinski definition) is 6. The number of pyridine rings is 1. The summed E-state index contributed by atoms with van der Waals surface area (Å²) in [6.45, 7) is 9.88. The van der Waals surface area contributed by atoms with E-state index in [1.807, 2.05) is 0 Å². The van der Waals surface area contributed by atoms with Crippen molar-refractivity contribution >= 4 is 47.6 Å².